The zero-order chi connectivity index (χ0) is 23.9. The molecule has 1 N–H and O–H groups in total. The van der Waals surface area contributed by atoms with E-state index < -0.39 is 24.0 Å². The van der Waals surface area contributed by atoms with E-state index in [-0.39, 0.29) is 24.6 Å². The Hall–Kier alpha value is -1.47. The smallest absolute Gasteiger partial charge is 0.389 e. The number of carbonyl (C=O) groups excluding carboxylic acids is 2. The Morgan fingerprint density at radius 3 is 2.47 bits per heavy atom. The van der Waals surface area contributed by atoms with E-state index >= 15 is 0 Å². The molecule has 0 spiro atoms. The van der Waals surface area contributed by atoms with Crippen LogP contribution in [-0.4, -0.2) is 37.5 Å². The Labute approximate surface area is 206 Å². The molecule has 0 aliphatic carbocycles. The zero-order valence-electron chi connectivity index (χ0n) is 17.7. The van der Waals surface area contributed by atoms with E-state index in [1.807, 2.05) is 26.0 Å². The van der Waals surface area contributed by atoms with Crippen LogP contribution in [0.4, 0.5) is 13.2 Å². The van der Waals surface area contributed by atoms with Gasteiger partial charge in [0.2, 0.25) is 0 Å². The normalized spacial score (nSPS) is 12.3. The van der Waals surface area contributed by atoms with Gasteiger partial charge in [-0.1, -0.05) is 0 Å². The van der Waals surface area contributed by atoms with Crippen molar-refractivity contribution < 1.29 is 32.2 Å². The average Bonchev–Trinajstić information content (AvgIpc) is 3.20. The molecule has 0 saturated carbocycles. The number of aryl methyl sites for hydroxylation is 2. The maximum Gasteiger partial charge on any atom is 0.389 e. The fraction of sp³-hybridized carbons (Fsp3) is 0.429. The van der Waals surface area contributed by atoms with Crippen LogP contribution in [0.15, 0.2) is 24.3 Å². The molecule has 1 heterocycles. The van der Waals surface area contributed by atoms with Gasteiger partial charge >= 0.3 is 12.1 Å². The molecule has 5 nitrogen and oxygen atoms in total. The van der Waals surface area contributed by atoms with Gasteiger partial charge in [0.25, 0.3) is 5.91 Å². The Kier molecular flexibility index (Phi) is 10.1. The summed E-state index contributed by atoms with van der Waals surface area (Å²) >= 11 is 4.41. The summed E-state index contributed by atoms with van der Waals surface area (Å²) in [6.07, 6.45) is -5.15. The van der Waals surface area contributed by atoms with E-state index in [2.05, 4.69) is 32.6 Å². The van der Waals surface area contributed by atoms with Gasteiger partial charge in [-0.3, -0.25) is 9.59 Å². The highest BCUT2D eigenvalue weighted by atomic mass is 127. The van der Waals surface area contributed by atoms with Gasteiger partial charge in [-0.15, -0.1) is 23.1 Å². The second kappa shape index (κ2) is 12.1. The third kappa shape index (κ3) is 8.47. The maximum absolute atomic E-state index is 12.7. The van der Waals surface area contributed by atoms with Crippen LogP contribution in [0.5, 0.6) is 5.75 Å². The first kappa shape index (κ1) is 26.8. The molecule has 0 fully saturated rings. The number of thioether (sulfide) groups is 1. The first-order valence-corrected chi connectivity index (χ1v) is 12.5. The molecule has 1 aromatic heterocycles. The van der Waals surface area contributed by atoms with Crippen molar-refractivity contribution in [3.63, 3.8) is 0 Å². The second-order valence-corrected chi connectivity index (χ2v) is 10.2. The number of esters is 1. The fourth-order valence-corrected chi connectivity index (χ4v) is 5.10. The number of benzene rings is 1. The van der Waals surface area contributed by atoms with Gasteiger partial charge in [-0.05, 0) is 71.8 Å². The van der Waals surface area contributed by atoms with Crippen LogP contribution < -0.4 is 10.1 Å². The zero-order valence-corrected chi connectivity index (χ0v) is 21.5. The number of hydrogen-bond donors (Lipinski definition) is 1. The minimum absolute atomic E-state index is 0.0466. The molecule has 1 atom stereocenters. The van der Waals surface area contributed by atoms with Crippen molar-refractivity contribution in [1.82, 2.24) is 5.32 Å². The molecule has 2 rings (SSSR count). The predicted octanol–water partition coefficient (Wildman–Crippen LogP) is 6.03. The van der Waals surface area contributed by atoms with Crippen molar-refractivity contribution >= 4 is 57.6 Å². The summed E-state index contributed by atoms with van der Waals surface area (Å²) in [6, 6.07) is 6.97. The van der Waals surface area contributed by atoms with E-state index in [4.69, 9.17) is 4.74 Å². The second-order valence-electron chi connectivity index (χ2n) is 6.84. The lowest BCUT2D eigenvalue weighted by molar-refractivity contribution is -0.140. The van der Waals surface area contributed by atoms with Crippen molar-refractivity contribution in [1.29, 1.82) is 0 Å². The minimum Gasteiger partial charge on any atom is -0.474 e. The first-order chi connectivity index (χ1) is 15.0. The number of rotatable bonds is 10. The van der Waals surface area contributed by atoms with Crippen molar-refractivity contribution in [2.24, 2.45) is 0 Å². The Morgan fingerprint density at radius 1 is 1.22 bits per heavy atom. The standard InChI is InChI=1S/C21H23F3INO4S2/c1-12-10-14(11-13(2)18(12)25)30-20(31-9-7-21(22,23)24)16-5-4-15(32-16)19(28)26-8-6-17(27)29-3/h4-5,10-11,20H,6-9H2,1-3H3,(H,26,28). The summed E-state index contributed by atoms with van der Waals surface area (Å²) in [4.78, 5) is 24.5. The van der Waals surface area contributed by atoms with Gasteiger partial charge in [0.1, 0.15) is 5.75 Å². The first-order valence-electron chi connectivity index (χ1n) is 9.56. The van der Waals surface area contributed by atoms with E-state index in [0.29, 0.717) is 15.5 Å². The fourth-order valence-electron chi connectivity index (χ4n) is 2.62. The Bertz CT molecular complexity index is 926. The van der Waals surface area contributed by atoms with E-state index in [1.165, 1.54) is 7.11 Å². The van der Waals surface area contributed by atoms with E-state index in [0.717, 1.165) is 37.8 Å². The average molecular weight is 601 g/mol. The minimum atomic E-state index is -4.26. The number of ether oxygens (including phenoxy) is 2. The highest BCUT2D eigenvalue weighted by Crippen LogP contribution is 2.38. The van der Waals surface area contributed by atoms with Crippen LogP contribution in [0, 0.1) is 17.4 Å². The highest BCUT2D eigenvalue weighted by Gasteiger charge is 2.28. The molecule has 1 unspecified atom stereocenters. The van der Waals surface area contributed by atoms with Crippen molar-refractivity contribution in [3.8, 4) is 5.75 Å². The molecule has 2 aromatic rings. The third-order valence-corrected chi connectivity index (χ3v) is 8.30. The number of methoxy groups -OCH3 is 1. The number of carbonyl (C=O) groups is 2. The third-order valence-electron chi connectivity index (χ3n) is 4.23. The van der Waals surface area contributed by atoms with Gasteiger partial charge in [-0.25, -0.2) is 0 Å². The summed E-state index contributed by atoms with van der Waals surface area (Å²) < 4.78 is 49.7. The molecule has 0 radical (unpaired) electrons. The molecule has 0 saturated heterocycles. The largest absolute Gasteiger partial charge is 0.474 e. The summed E-state index contributed by atoms with van der Waals surface area (Å²) in [6.45, 7) is 4.00. The molecular weight excluding hydrogens is 578 g/mol. The number of nitrogens with one attached hydrogen (secondary N) is 1. The monoisotopic (exact) mass is 601 g/mol. The number of thiophene rings is 1. The number of alkyl halides is 3. The van der Waals surface area contributed by atoms with Crippen molar-refractivity contribution in [2.75, 3.05) is 19.4 Å². The highest BCUT2D eigenvalue weighted by molar-refractivity contribution is 14.1. The van der Waals surface area contributed by atoms with Crippen LogP contribution in [0.1, 0.15) is 44.0 Å². The Morgan fingerprint density at radius 2 is 1.88 bits per heavy atom. The summed E-state index contributed by atoms with van der Waals surface area (Å²) in [7, 11) is 1.27. The number of hydrogen-bond acceptors (Lipinski definition) is 6. The SMILES string of the molecule is COC(=O)CCNC(=O)c1ccc(C(Oc2cc(C)c(I)c(C)c2)SCCC(F)(F)F)s1. The lowest BCUT2D eigenvalue weighted by atomic mass is 10.1. The maximum atomic E-state index is 12.7. The van der Waals surface area contributed by atoms with Gasteiger partial charge in [0, 0.05) is 15.9 Å². The summed E-state index contributed by atoms with van der Waals surface area (Å²) in [5, 5.41) is 2.62. The molecule has 176 valence electrons. The molecule has 0 bridgehead atoms. The van der Waals surface area contributed by atoms with Gasteiger partial charge in [-0.2, -0.15) is 13.2 Å². The molecule has 11 heteroatoms. The van der Waals surface area contributed by atoms with Gasteiger partial charge < -0.3 is 14.8 Å². The molecule has 32 heavy (non-hydrogen) atoms. The lowest BCUT2D eigenvalue weighted by Crippen LogP contribution is -2.25. The molecular formula is C21H23F3INO4S2. The predicted molar refractivity (Wildman–Crippen MR) is 128 cm³/mol. The quantitative estimate of drug-likeness (QED) is 0.205. The van der Waals surface area contributed by atoms with Crippen LogP contribution in [0.2, 0.25) is 0 Å². The molecule has 1 aromatic carbocycles. The molecule has 0 aliphatic rings. The van der Waals surface area contributed by atoms with Gasteiger partial charge in [0.15, 0.2) is 5.44 Å². The van der Waals surface area contributed by atoms with Crippen molar-refractivity contribution in [2.45, 2.75) is 38.3 Å². The molecule has 0 aliphatic heterocycles. The van der Waals surface area contributed by atoms with Crippen LogP contribution in [0.3, 0.4) is 0 Å². The van der Waals surface area contributed by atoms with Gasteiger partial charge in [0.05, 0.1) is 29.7 Å². The Balaban J connectivity index is 2.15. The summed E-state index contributed by atoms with van der Waals surface area (Å²) in [5.74, 6) is -0.419. The molecule has 1 amide bonds. The van der Waals surface area contributed by atoms with E-state index in [1.54, 1.807) is 12.1 Å². The number of halogens is 4. The number of amides is 1. The van der Waals surface area contributed by atoms with Crippen LogP contribution in [0.25, 0.3) is 0 Å². The summed E-state index contributed by atoms with van der Waals surface area (Å²) in [5.41, 5.74) is 1.32. The lowest BCUT2D eigenvalue weighted by Gasteiger charge is -2.19. The van der Waals surface area contributed by atoms with Crippen LogP contribution in [-0.2, 0) is 9.53 Å². The van der Waals surface area contributed by atoms with E-state index in [9.17, 15) is 22.8 Å². The van der Waals surface area contributed by atoms with Crippen molar-refractivity contribution in [3.05, 3.63) is 48.7 Å². The topological polar surface area (TPSA) is 64.6 Å². The van der Waals surface area contributed by atoms with Crippen LogP contribution >= 0.6 is 45.7 Å².